The van der Waals surface area contributed by atoms with E-state index in [9.17, 15) is 4.79 Å². The van der Waals surface area contributed by atoms with Gasteiger partial charge < -0.3 is 0 Å². The molecule has 0 radical (unpaired) electrons. The zero-order valence-corrected chi connectivity index (χ0v) is 16.9. The summed E-state index contributed by atoms with van der Waals surface area (Å²) in [6, 6.07) is 12.2. The standard InChI is InChI=1S/C23H17NOS2/c1-12-19-17-8-10-26-22(17)23-18(9-11-27-23)20(19)13(2)24-21(12)16-6-4-15(5-7-16)14(3)25/h4-11H,1-3H3. The van der Waals surface area contributed by atoms with E-state index < -0.39 is 0 Å². The van der Waals surface area contributed by atoms with Crippen LogP contribution in [0.25, 0.3) is 42.2 Å². The number of aryl methyl sites for hydroxylation is 2. The van der Waals surface area contributed by atoms with Gasteiger partial charge in [0, 0.05) is 33.0 Å². The maximum atomic E-state index is 11.6. The highest BCUT2D eigenvalue weighted by atomic mass is 32.1. The molecule has 0 saturated carbocycles. The topological polar surface area (TPSA) is 30.0 Å². The van der Waals surface area contributed by atoms with Crippen molar-refractivity contribution in [1.82, 2.24) is 4.98 Å². The molecular formula is C23H17NOS2. The van der Waals surface area contributed by atoms with Crippen molar-refractivity contribution >= 4 is 59.4 Å². The van der Waals surface area contributed by atoms with Crippen LogP contribution in [0.5, 0.6) is 0 Å². The van der Waals surface area contributed by atoms with Gasteiger partial charge in [-0.3, -0.25) is 9.78 Å². The molecule has 3 aromatic heterocycles. The van der Waals surface area contributed by atoms with Crippen LogP contribution in [0.4, 0.5) is 0 Å². The fraction of sp³-hybridized carbons (Fsp3) is 0.130. The van der Waals surface area contributed by atoms with Gasteiger partial charge in [0.1, 0.15) is 0 Å². The largest absolute Gasteiger partial charge is 0.295 e. The SMILES string of the molecule is CC(=O)c1ccc(-c2nc(C)c3c4ccsc4c4sccc4c3c2C)cc1. The summed E-state index contributed by atoms with van der Waals surface area (Å²) in [5.41, 5.74) is 5.03. The molecule has 5 rings (SSSR count). The fourth-order valence-electron chi connectivity index (χ4n) is 3.97. The summed E-state index contributed by atoms with van der Waals surface area (Å²) in [5.74, 6) is 0.0840. The van der Waals surface area contributed by atoms with E-state index in [0.717, 1.165) is 22.5 Å². The summed E-state index contributed by atoms with van der Waals surface area (Å²) in [4.78, 5) is 16.6. The number of carbonyl (C=O) groups excluding carboxylic acids is 1. The van der Waals surface area contributed by atoms with E-state index in [1.807, 2.05) is 35.6 Å². The van der Waals surface area contributed by atoms with Gasteiger partial charge in [-0.25, -0.2) is 0 Å². The summed E-state index contributed by atoms with van der Waals surface area (Å²) in [5, 5.41) is 9.53. The molecule has 0 aliphatic heterocycles. The molecule has 0 unspecified atom stereocenters. The Bertz CT molecular complexity index is 1360. The maximum absolute atomic E-state index is 11.6. The Morgan fingerprint density at radius 2 is 1.44 bits per heavy atom. The Morgan fingerprint density at radius 3 is 2.04 bits per heavy atom. The molecule has 0 aliphatic rings. The molecular weight excluding hydrogens is 370 g/mol. The minimum absolute atomic E-state index is 0.0840. The molecule has 5 aromatic rings. The lowest BCUT2D eigenvalue weighted by atomic mass is 9.94. The Morgan fingerprint density at radius 1 is 0.852 bits per heavy atom. The number of aromatic nitrogens is 1. The number of nitrogens with zero attached hydrogens (tertiary/aromatic N) is 1. The van der Waals surface area contributed by atoms with Crippen LogP contribution in [0.1, 0.15) is 28.5 Å². The molecule has 0 spiro atoms. The van der Waals surface area contributed by atoms with Crippen LogP contribution in [0.15, 0.2) is 47.2 Å². The van der Waals surface area contributed by atoms with E-state index in [2.05, 4.69) is 36.7 Å². The van der Waals surface area contributed by atoms with E-state index in [-0.39, 0.29) is 5.78 Å². The van der Waals surface area contributed by atoms with Crippen molar-refractivity contribution < 1.29 is 4.79 Å². The minimum Gasteiger partial charge on any atom is -0.295 e. The lowest BCUT2D eigenvalue weighted by molar-refractivity contribution is 0.101. The lowest BCUT2D eigenvalue weighted by Gasteiger charge is -2.14. The number of fused-ring (bicyclic) bond motifs is 6. The van der Waals surface area contributed by atoms with Gasteiger partial charge in [0.15, 0.2) is 5.78 Å². The van der Waals surface area contributed by atoms with Gasteiger partial charge in [0.2, 0.25) is 0 Å². The van der Waals surface area contributed by atoms with E-state index in [1.165, 1.54) is 36.5 Å². The molecule has 0 fully saturated rings. The summed E-state index contributed by atoms with van der Waals surface area (Å²) in [6.45, 7) is 5.86. The molecule has 0 aliphatic carbocycles. The smallest absolute Gasteiger partial charge is 0.159 e. The molecule has 2 aromatic carbocycles. The van der Waals surface area contributed by atoms with Crippen molar-refractivity contribution in [2.75, 3.05) is 0 Å². The number of ketones is 1. The number of benzene rings is 2. The molecule has 27 heavy (non-hydrogen) atoms. The monoisotopic (exact) mass is 387 g/mol. The minimum atomic E-state index is 0.0840. The number of hydrogen-bond donors (Lipinski definition) is 0. The first kappa shape index (κ1) is 16.6. The molecule has 4 heteroatoms. The first-order valence-corrected chi connectivity index (χ1v) is 10.6. The van der Waals surface area contributed by atoms with Crippen molar-refractivity contribution in [2.24, 2.45) is 0 Å². The van der Waals surface area contributed by atoms with Crippen LogP contribution in [-0.4, -0.2) is 10.8 Å². The predicted molar refractivity (Wildman–Crippen MR) is 117 cm³/mol. The van der Waals surface area contributed by atoms with E-state index in [1.54, 1.807) is 18.3 Å². The van der Waals surface area contributed by atoms with Crippen LogP contribution in [0.2, 0.25) is 0 Å². The molecule has 0 bridgehead atoms. The highest BCUT2D eigenvalue weighted by Gasteiger charge is 2.18. The van der Waals surface area contributed by atoms with Crippen LogP contribution in [0, 0.1) is 13.8 Å². The molecule has 132 valence electrons. The number of hydrogen-bond acceptors (Lipinski definition) is 4. The van der Waals surface area contributed by atoms with Crippen LogP contribution >= 0.6 is 22.7 Å². The third-order valence-electron chi connectivity index (χ3n) is 5.26. The predicted octanol–water partition coefficient (Wildman–Crippen LogP) is 7.15. The second-order valence-corrected chi connectivity index (χ2v) is 8.71. The van der Waals surface area contributed by atoms with Gasteiger partial charge in [-0.05, 0) is 54.6 Å². The number of pyridine rings is 1. The van der Waals surface area contributed by atoms with Crippen molar-refractivity contribution in [2.45, 2.75) is 20.8 Å². The highest BCUT2D eigenvalue weighted by molar-refractivity contribution is 7.25. The first-order valence-electron chi connectivity index (χ1n) is 8.85. The molecule has 0 N–H and O–H groups in total. The van der Waals surface area contributed by atoms with E-state index >= 15 is 0 Å². The van der Waals surface area contributed by atoms with Crippen LogP contribution < -0.4 is 0 Å². The third kappa shape index (κ3) is 2.37. The lowest BCUT2D eigenvalue weighted by Crippen LogP contribution is -1.97. The molecule has 0 atom stereocenters. The van der Waals surface area contributed by atoms with Gasteiger partial charge in [0.25, 0.3) is 0 Å². The molecule has 0 amide bonds. The quantitative estimate of drug-likeness (QED) is 0.301. The maximum Gasteiger partial charge on any atom is 0.159 e. The molecule has 2 nitrogen and oxygen atoms in total. The number of thiophene rings is 2. The number of rotatable bonds is 2. The summed E-state index contributed by atoms with van der Waals surface area (Å²) >= 11 is 3.62. The molecule has 0 saturated heterocycles. The van der Waals surface area contributed by atoms with Crippen molar-refractivity contribution in [1.29, 1.82) is 0 Å². The average molecular weight is 388 g/mol. The normalized spacial score (nSPS) is 11.7. The van der Waals surface area contributed by atoms with Gasteiger partial charge in [-0.1, -0.05) is 24.3 Å². The highest BCUT2D eigenvalue weighted by Crippen LogP contribution is 2.44. The number of carbonyl (C=O) groups is 1. The fourth-order valence-corrected chi connectivity index (χ4v) is 5.97. The van der Waals surface area contributed by atoms with Crippen LogP contribution in [0.3, 0.4) is 0 Å². The van der Waals surface area contributed by atoms with Crippen molar-refractivity contribution in [3.63, 3.8) is 0 Å². The summed E-state index contributed by atoms with van der Waals surface area (Å²) in [6.07, 6.45) is 0. The van der Waals surface area contributed by atoms with Gasteiger partial charge in [0.05, 0.1) is 15.1 Å². The summed E-state index contributed by atoms with van der Waals surface area (Å²) in [7, 11) is 0. The zero-order valence-electron chi connectivity index (χ0n) is 15.3. The van der Waals surface area contributed by atoms with Gasteiger partial charge in [-0.2, -0.15) is 0 Å². The van der Waals surface area contributed by atoms with Gasteiger partial charge in [-0.15, -0.1) is 22.7 Å². The number of Topliss-reactive ketones (excluding diaryl/α,β-unsaturated/α-hetero) is 1. The first-order chi connectivity index (χ1) is 13.1. The Balaban J connectivity index is 1.89. The second kappa shape index (κ2) is 5.98. The van der Waals surface area contributed by atoms with Crippen molar-refractivity contribution in [3.05, 3.63) is 64.0 Å². The van der Waals surface area contributed by atoms with E-state index in [4.69, 9.17) is 4.98 Å². The average Bonchev–Trinajstić information content (AvgIpc) is 3.32. The zero-order chi connectivity index (χ0) is 18.7. The van der Waals surface area contributed by atoms with Gasteiger partial charge >= 0.3 is 0 Å². The Labute approximate surface area is 165 Å². The second-order valence-electron chi connectivity index (χ2n) is 6.88. The Kier molecular flexibility index (Phi) is 3.67. The third-order valence-corrected chi connectivity index (χ3v) is 7.25. The van der Waals surface area contributed by atoms with E-state index in [0.29, 0.717) is 0 Å². The van der Waals surface area contributed by atoms with Crippen LogP contribution in [-0.2, 0) is 0 Å². The van der Waals surface area contributed by atoms with Crippen molar-refractivity contribution in [3.8, 4) is 11.3 Å². The Hall–Kier alpha value is -2.56. The summed E-state index contributed by atoms with van der Waals surface area (Å²) < 4.78 is 2.72. The molecule has 3 heterocycles.